The standard InChI is InChI=1S/C12H14N4O.ClH/c1-9-7-10(13)3-4-11(9)15-12(17)8-16-6-2-5-14-16;/h2-7H,8,13H2,1H3,(H,15,17);1H. The lowest BCUT2D eigenvalue weighted by Gasteiger charge is -2.09. The second kappa shape index (κ2) is 6.07. The molecule has 2 rings (SSSR count). The number of nitrogen functional groups attached to an aromatic ring is 1. The van der Waals surface area contributed by atoms with Crippen LogP contribution in [0.2, 0.25) is 0 Å². The molecule has 0 unspecified atom stereocenters. The van der Waals surface area contributed by atoms with Gasteiger partial charge in [0.1, 0.15) is 6.54 Å². The summed E-state index contributed by atoms with van der Waals surface area (Å²) >= 11 is 0. The molecule has 0 spiro atoms. The van der Waals surface area contributed by atoms with Crippen molar-refractivity contribution in [1.29, 1.82) is 0 Å². The van der Waals surface area contributed by atoms with E-state index in [1.54, 1.807) is 35.3 Å². The van der Waals surface area contributed by atoms with Gasteiger partial charge < -0.3 is 11.1 Å². The summed E-state index contributed by atoms with van der Waals surface area (Å²) in [7, 11) is 0. The van der Waals surface area contributed by atoms with Gasteiger partial charge in [0.2, 0.25) is 5.91 Å². The number of anilines is 2. The van der Waals surface area contributed by atoms with E-state index in [1.807, 2.05) is 13.0 Å². The molecule has 0 fully saturated rings. The highest BCUT2D eigenvalue weighted by Gasteiger charge is 2.05. The Morgan fingerprint density at radius 1 is 1.50 bits per heavy atom. The van der Waals surface area contributed by atoms with E-state index in [0.717, 1.165) is 11.3 Å². The summed E-state index contributed by atoms with van der Waals surface area (Å²) in [5, 5.41) is 6.79. The topological polar surface area (TPSA) is 72.9 Å². The molecule has 2 aromatic rings. The van der Waals surface area contributed by atoms with Crippen molar-refractivity contribution < 1.29 is 4.79 Å². The van der Waals surface area contributed by atoms with E-state index in [1.165, 1.54) is 0 Å². The fourth-order valence-electron chi connectivity index (χ4n) is 1.56. The number of aryl methyl sites for hydroxylation is 1. The third kappa shape index (κ3) is 3.49. The van der Waals surface area contributed by atoms with Crippen LogP contribution in [-0.4, -0.2) is 15.7 Å². The molecule has 3 N–H and O–H groups in total. The lowest BCUT2D eigenvalue weighted by molar-refractivity contribution is -0.116. The van der Waals surface area contributed by atoms with Gasteiger partial charge in [0.05, 0.1) is 0 Å². The molecule has 0 radical (unpaired) electrons. The summed E-state index contributed by atoms with van der Waals surface area (Å²) < 4.78 is 1.57. The first-order valence-corrected chi connectivity index (χ1v) is 5.28. The first kappa shape index (κ1) is 14.1. The fourth-order valence-corrected chi connectivity index (χ4v) is 1.56. The van der Waals surface area contributed by atoms with Gasteiger partial charge in [-0.3, -0.25) is 9.48 Å². The van der Waals surface area contributed by atoms with Crippen LogP contribution in [0.4, 0.5) is 11.4 Å². The average Bonchev–Trinajstić information content (AvgIpc) is 2.75. The second-order valence-electron chi connectivity index (χ2n) is 3.83. The van der Waals surface area contributed by atoms with Gasteiger partial charge in [-0.2, -0.15) is 5.10 Å². The van der Waals surface area contributed by atoms with E-state index >= 15 is 0 Å². The molecule has 0 aliphatic rings. The number of halogens is 1. The molecule has 0 saturated carbocycles. The third-order valence-corrected chi connectivity index (χ3v) is 2.39. The summed E-state index contributed by atoms with van der Waals surface area (Å²) in [6, 6.07) is 7.16. The van der Waals surface area contributed by atoms with Gasteiger partial charge in [0.25, 0.3) is 0 Å². The predicted molar refractivity (Wildman–Crippen MR) is 73.7 cm³/mol. The number of nitrogens with one attached hydrogen (secondary N) is 1. The van der Waals surface area contributed by atoms with Crippen molar-refractivity contribution in [3.05, 3.63) is 42.2 Å². The number of amides is 1. The number of aromatic nitrogens is 2. The molecule has 6 heteroatoms. The summed E-state index contributed by atoms with van der Waals surface area (Å²) in [5.74, 6) is -0.110. The lowest BCUT2D eigenvalue weighted by atomic mass is 10.2. The smallest absolute Gasteiger partial charge is 0.246 e. The van der Waals surface area contributed by atoms with Crippen molar-refractivity contribution in [2.24, 2.45) is 0 Å². The van der Waals surface area contributed by atoms with Crippen molar-refractivity contribution in [3.63, 3.8) is 0 Å². The summed E-state index contributed by atoms with van der Waals surface area (Å²) in [4.78, 5) is 11.7. The van der Waals surface area contributed by atoms with E-state index < -0.39 is 0 Å². The predicted octanol–water partition coefficient (Wildman–Crippen LogP) is 1.83. The van der Waals surface area contributed by atoms with Crippen molar-refractivity contribution in [1.82, 2.24) is 9.78 Å². The van der Waals surface area contributed by atoms with Crippen LogP contribution in [0.5, 0.6) is 0 Å². The molecule has 1 aromatic carbocycles. The number of rotatable bonds is 3. The number of hydrogen-bond donors (Lipinski definition) is 2. The highest BCUT2D eigenvalue weighted by molar-refractivity contribution is 5.91. The molecule has 0 bridgehead atoms. The zero-order chi connectivity index (χ0) is 12.3. The van der Waals surface area contributed by atoms with Gasteiger partial charge in [-0.15, -0.1) is 12.4 Å². The SMILES string of the molecule is Cc1cc(N)ccc1NC(=O)Cn1cccn1.Cl. The normalized spacial score (nSPS) is 9.61. The van der Waals surface area contributed by atoms with Gasteiger partial charge in [-0.1, -0.05) is 0 Å². The second-order valence-corrected chi connectivity index (χ2v) is 3.83. The summed E-state index contributed by atoms with van der Waals surface area (Å²) in [5.41, 5.74) is 8.05. The average molecular weight is 267 g/mol. The van der Waals surface area contributed by atoms with Crippen LogP contribution >= 0.6 is 12.4 Å². The maximum absolute atomic E-state index is 11.7. The van der Waals surface area contributed by atoms with E-state index in [9.17, 15) is 4.79 Å². The van der Waals surface area contributed by atoms with Crippen LogP contribution in [0.25, 0.3) is 0 Å². The maximum atomic E-state index is 11.7. The van der Waals surface area contributed by atoms with Crippen LogP contribution in [0, 0.1) is 6.92 Å². The Morgan fingerprint density at radius 3 is 2.89 bits per heavy atom. The van der Waals surface area contributed by atoms with Crippen molar-refractivity contribution in [3.8, 4) is 0 Å². The van der Waals surface area contributed by atoms with Crippen LogP contribution in [0.3, 0.4) is 0 Å². The highest BCUT2D eigenvalue weighted by atomic mass is 35.5. The number of nitrogens with zero attached hydrogens (tertiary/aromatic N) is 2. The number of nitrogens with two attached hydrogens (primary N) is 1. The molecule has 0 aliphatic carbocycles. The van der Waals surface area contributed by atoms with Crippen molar-refractivity contribution in [2.75, 3.05) is 11.1 Å². The quantitative estimate of drug-likeness (QED) is 0.833. The zero-order valence-corrected chi connectivity index (χ0v) is 10.8. The monoisotopic (exact) mass is 266 g/mol. The van der Waals surface area contributed by atoms with Crippen LogP contribution in [0.1, 0.15) is 5.56 Å². The molecule has 5 nitrogen and oxygen atoms in total. The number of hydrogen-bond acceptors (Lipinski definition) is 3. The Morgan fingerprint density at radius 2 is 2.28 bits per heavy atom. The Labute approximate surface area is 111 Å². The Bertz CT molecular complexity index is 525. The molecule has 1 heterocycles. The summed E-state index contributed by atoms with van der Waals surface area (Å²) in [6.45, 7) is 2.11. The minimum atomic E-state index is -0.110. The first-order valence-electron chi connectivity index (χ1n) is 5.28. The molecule has 1 amide bonds. The van der Waals surface area contributed by atoms with Gasteiger partial charge in [-0.25, -0.2) is 0 Å². The summed E-state index contributed by atoms with van der Waals surface area (Å²) in [6.07, 6.45) is 3.39. The first-order chi connectivity index (χ1) is 8.15. The van der Waals surface area contributed by atoms with Gasteiger partial charge in [0.15, 0.2) is 0 Å². The molecule has 18 heavy (non-hydrogen) atoms. The van der Waals surface area contributed by atoms with E-state index in [4.69, 9.17) is 5.73 Å². The van der Waals surface area contributed by atoms with Gasteiger partial charge >= 0.3 is 0 Å². The van der Waals surface area contributed by atoms with Crippen LogP contribution in [-0.2, 0) is 11.3 Å². The number of carbonyl (C=O) groups is 1. The molecule has 0 saturated heterocycles. The number of carbonyl (C=O) groups excluding carboxylic acids is 1. The third-order valence-electron chi connectivity index (χ3n) is 2.39. The lowest BCUT2D eigenvalue weighted by Crippen LogP contribution is -2.19. The molecule has 0 aliphatic heterocycles. The maximum Gasteiger partial charge on any atom is 0.246 e. The zero-order valence-electron chi connectivity index (χ0n) is 9.96. The molecule has 96 valence electrons. The van der Waals surface area contributed by atoms with Gasteiger partial charge in [-0.05, 0) is 36.8 Å². The molecule has 0 atom stereocenters. The highest BCUT2D eigenvalue weighted by Crippen LogP contribution is 2.17. The molecular formula is C12H15ClN4O. The Kier molecular flexibility index (Phi) is 4.74. The Balaban J connectivity index is 0.00000162. The molecular weight excluding hydrogens is 252 g/mol. The van der Waals surface area contributed by atoms with E-state index in [2.05, 4.69) is 10.4 Å². The van der Waals surface area contributed by atoms with Crippen molar-refractivity contribution in [2.45, 2.75) is 13.5 Å². The Hall–Kier alpha value is -2.01. The fraction of sp³-hybridized carbons (Fsp3) is 0.167. The van der Waals surface area contributed by atoms with E-state index in [0.29, 0.717) is 5.69 Å². The number of benzene rings is 1. The largest absolute Gasteiger partial charge is 0.399 e. The van der Waals surface area contributed by atoms with Crippen molar-refractivity contribution >= 4 is 29.7 Å². The molecule has 1 aromatic heterocycles. The minimum absolute atomic E-state index is 0. The van der Waals surface area contributed by atoms with Gasteiger partial charge in [0, 0.05) is 23.8 Å². The minimum Gasteiger partial charge on any atom is -0.399 e. The van der Waals surface area contributed by atoms with Crippen LogP contribution in [0.15, 0.2) is 36.7 Å². The van der Waals surface area contributed by atoms with E-state index in [-0.39, 0.29) is 24.9 Å². The van der Waals surface area contributed by atoms with Crippen LogP contribution < -0.4 is 11.1 Å².